The molecular weight excluding hydrogens is 307 g/mol. The molecule has 0 saturated heterocycles. The molecule has 1 aliphatic carbocycles. The molecule has 0 atom stereocenters. The molecule has 0 radical (unpaired) electrons. The fourth-order valence-electron chi connectivity index (χ4n) is 2.95. The molecule has 0 N–H and O–H groups in total. The molecule has 0 bridgehead atoms. The summed E-state index contributed by atoms with van der Waals surface area (Å²) in [6.45, 7) is 9.23. The predicted molar refractivity (Wildman–Crippen MR) is 80.7 cm³/mol. The molecule has 0 nitrogen and oxygen atoms in total. The van der Waals surface area contributed by atoms with Crippen LogP contribution in [0, 0.1) is 5.92 Å². The van der Waals surface area contributed by atoms with Gasteiger partial charge in [-0.25, -0.2) is 0 Å². The third-order valence-corrected chi connectivity index (χ3v) is 6.10. The Hall–Kier alpha value is -0.0269. The van der Waals surface area contributed by atoms with Gasteiger partial charge < -0.3 is 0 Å². The van der Waals surface area contributed by atoms with Gasteiger partial charge in [0.05, 0.1) is 0 Å². The standard InChI is InChI=1S/C18H26.Zr/c1-13(2)17-10-16(9-15-7-5-6-8-15)11-18(12-17)14(3)4;/h10-15H,5-8H2,1-4H3;. The van der Waals surface area contributed by atoms with Crippen molar-refractivity contribution in [2.75, 3.05) is 0 Å². The first-order valence-corrected chi connectivity index (χ1v) is 8.95. The van der Waals surface area contributed by atoms with E-state index in [1.165, 1.54) is 36.8 Å². The topological polar surface area (TPSA) is 0 Å². The van der Waals surface area contributed by atoms with Gasteiger partial charge in [0.25, 0.3) is 0 Å². The second-order valence-corrected chi connectivity index (χ2v) is 7.92. The molecule has 1 heteroatoms. The molecule has 1 aromatic rings. The molecule has 1 fully saturated rings. The number of hydrogen-bond acceptors (Lipinski definition) is 0. The summed E-state index contributed by atoms with van der Waals surface area (Å²) < 4.78 is 1.72. The molecule has 0 heterocycles. The summed E-state index contributed by atoms with van der Waals surface area (Å²) in [5.74, 6) is 2.13. The molecule has 0 aromatic heterocycles. The Balaban J connectivity index is 2.35. The Labute approximate surface area is 133 Å². The third-order valence-electron chi connectivity index (χ3n) is 4.39. The van der Waals surface area contributed by atoms with Crippen LogP contribution in [0.5, 0.6) is 0 Å². The van der Waals surface area contributed by atoms with Crippen LogP contribution < -0.4 is 0 Å². The van der Waals surface area contributed by atoms with Gasteiger partial charge in [-0.1, -0.05) is 0 Å². The molecule has 0 aliphatic heterocycles. The Bertz CT molecular complexity index is 425. The monoisotopic (exact) mass is 332 g/mol. The summed E-state index contributed by atoms with van der Waals surface area (Å²) in [5.41, 5.74) is 4.57. The Morgan fingerprint density at radius 2 is 1.42 bits per heavy atom. The Morgan fingerprint density at radius 1 is 0.947 bits per heavy atom. The van der Waals surface area contributed by atoms with Gasteiger partial charge in [-0.2, -0.15) is 0 Å². The first-order chi connectivity index (χ1) is 8.99. The normalized spacial score (nSPS) is 16.5. The number of benzene rings is 1. The van der Waals surface area contributed by atoms with Gasteiger partial charge in [0.1, 0.15) is 0 Å². The summed E-state index contributed by atoms with van der Waals surface area (Å²) in [7, 11) is 0. The second-order valence-electron chi connectivity index (χ2n) is 6.59. The van der Waals surface area contributed by atoms with Crippen molar-refractivity contribution in [2.24, 2.45) is 5.92 Å². The van der Waals surface area contributed by atoms with Crippen molar-refractivity contribution in [3.05, 3.63) is 34.9 Å². The van der Waals surface area contributed by atoms with Crippen LogP contribution in [0.3, 0.4) is 0 Å². The molecule has 0 spiro atoms. The fraction of sp³-hybridized carbons (Fsp3) is 0.611. The minimum absolute atomic E-state index is 0.629. The maximum absolute atomic E-state index is 2.46. The first-order valence-electron chi connectivity index (χ1n) is 7.72. The van der Waals surface area contributed by atoms with Crippen LogP contribution >= 0.6 is 0 Å². The van der Waals surface area contributed by atoms with Gasteiger partial charge in [0.15, 0.2) is 0 Å². The van der Waals surface area contributed by atoms with Crippen molar-refractivity contribution in [3.63, 3.8) is 0 Å². The van der Waals surface area contributed by atoms with Gasteiger partial charge in [0.2, 0.25) is 0 Å². The Kier molecular flexibility index (Phi) is 5.35. The van der Waals surface area contributed by atoms with Crippen molar-refractivity contribution in [1.82, 2.24) is 0 Å². The van der Waals surface area contributed by atoms with E-state index in [9.17, 15) is 0 Å². The number of hydrogen-bond donors (Lipinski definition) is 0. The summed E-state index contributed by atoms with van der Waals surface area (Å²) in [6, 6.07) is 7.33. The van der Waals surface area contributed by atoms with E-state index in [1.807, 2.05) is 0 Å². The summed E-state index contributed by atoms with van der Waals surface area (Å²) in [5, 5.41) is 0. The molecule has 1 saturated carbocycles. The van der Waals surface area contributed by atoms with Crippen molar-refractivity contribution >= 4 is 3.21 Å². The van der Waals surface area contributed by atoms with Crippen LogP contribution in [0.15, 0.2) is 18.2 Å². The average molecular weight is 334 g/mol. The zero-order chi connectivity index (χ0) is 14.0. The second kappa shape index (κ2) is 6.62. The van der Waals surface area contributed by atoms with Gasteiger partial charge >= 0.3 is 133 Å². The van der Waals surface area contributed by atoms with Gasteiger partial charge in [-0.15, -0.1) is 0 Å². The van der Waals surface area contributed by atoms with Gasteiger partial charge in [-0.05, 0) is 0 Å². The van der Waals surface area contributed by atoms with Crippen molar-refractivity contribution < 1.29 is 24.2 Å². The van der Waals surface area contributed by atoms with Crippen LogP contribution in [0.1, 0.15) is 81.9 Å². The third kappa shape index (κ3) is 3.75. The van der Waals surface area contributed by atoms with Crippen LogP contribution in [0.2, 0.25) is 0 Å². The molecule has 2 rings (SSSR count). The van der Waals surface area contributed by atoms with E-state index in [4.69, 9.17) is 0 Å². The van der Waals surface area contributed by atoms with Gasteiger partial charge in [-0.3, -0.25) is 0 Å². The quantitative estimate of drug-likeness (QED) is 0.711. The summed E-state index contributed by atoms with van der Waals surface area (Å²) >= 11 is 1.62. The van der Waals surface area contributed by atoms with E-state index < -0.39 is 0 Å². The number of rotatable bonds is 4. The molecular formula is C18H26Zr. The minimum atomic E-state index is 0.629. The van der Waals surface area contributed by atoms with E-state index in [0.717, 1.165) is 5.92 Å². The molecule has 1 aliphatic rings. The molecule has 0 amide bonds. The van der Waals surface area contributed by atoms with E-state index in [0.29, 0.717) is 11.8 Å². The molecule has 19 heavy (non-hydrogen) atoms. The maximum atomic E-state index is 2.46. The van der Waals surface area contributed by atoms with Gasteiger partial charge in [0, 0.05) is 0 Å². The zero-order valence-corrected chi connectivity index (χ0v) is 15.3. The van der Waals surface area contributed by atoms with Crippen LogP contribution in [0.25, 0.3) is 0 Å². The van der Waals surface area contributed by atoms with Crippen LogP contribution in [0.4, 0.5) is 0 Å². The van der Waals surface area contributed by atoms with Crippen LogP contribution in [-0.2, 0) is 24.2 Å². The summed E-state index contributed by atoms with van der Waals surface area (Å²) in [6.07, 6.45) is 5.71. The van der Waals surface area contributed by atoms with Crippen molar-refractivity contribution in [2.45, 2.75) is 65.2 Å². The average Bonchev–Trinajstić information content (AvgIpc) is 2.91. The van der Waals surface area contributed by atoms with Crippen molar-refractivity contribution in [1.29, 1.82) is 0 Å². The van der Waals surface area contributed by atoms with E-state index in [-0.39, 0.29) is 0 Å². The van der Waals surface area contributed by atoms with E-state index in [1.54, 1.807) is 33.0 Å². The molecule has 1 aromatic carbocycles. The predicted octanol–water partition coefficient (Wildman–Crippen LogP) is 5.19. The van der Waals surface area contributed by atoms with Crippen LogP contribution in [-0.4, -0.2) is 3.21 Å². The first kappa shape index (κ1) is 15.4. The molecule has 102 valence electrons. The van der Waals surface area contributed by atoms with E-state index >= 15 is 0 Å². The SMILES string of the molecule is CC(C)c1cc([C](=[Zr])C2CCCC2)cc(C(C)C)c1. The van der Waals surface area contributed by atoms with E-state index in [2.05, 4.69) is 45.9 Å². The zero-order valence-electron chi connectivity index (χ0n) is 12.8. The summed E-state index contributed by atoms with van der Waals surface area (Å²) in [4.78, 5) is 0. The van der Waals surface area contributed by atoms with Crippen molar-refractivity contribution in [3.8, 4) is 0 Å². The Morgan fingerprint density at radius 3 is 1.84 bits per heavy atom. The molecule has 0 unspecified atom stereocenters. The fourth-order valence-corrected chi connectivity index (χ4v) is 4.01.